The summed E-state index contributed by atoms with van der Waals surface area (Å²) in [4.78, 5) is 14.5. The lowest BCUT2D eigenvalue weighted by Gasteiger charge is -2.08. The van der Waals surface area contributed by atoms with E-state index in [0.29, 0.717) is 5.69 Å². The van der Waals surface area contributed by atoms with Gasteiger partial charge in [-0.2, -0.15) is 4.98 Å². The number of aliphatic hydroxyl groups excluding tert-OH is 1. The normalized spacial score (nSPS) is 10.1. The highest BCUT2D eigenvalue weighted by molar-refractivity contribution is 5.66. The van der Waals surface area contributed by atoms with Crippen molar-refractivity contribution in [2.45, 2.75) is 6.61 Å². The maximum atomic E-state index is 11.0. The Morgan fingerprint density at radius 3 is 2.55 bits per heavy atom. The summed E-state index contributed by atoms with van der Waals surface area (Å²) in [6.45, 7) is -0.0577. The molecule has 0 aliphatic rings. The maximum Gasteiger partial charge on any atom is 0.311 e. The zero-order valence-corrected chi connectivity index (χ0v) is 10.7. The van der Waals surface area contributed by atoms with Crippen LogP contribution in [0.4, 0.5) is 17.2 Å². The Hall–Kier alpha value is -2.67. The fourth-order valence-corrected chi connectivity index (χ4v) is 1.62. The minimum atomic E-state index is -0.517. The van der Waals surface area contributed by atoms with Crippen LogP contribution >= 0.6 is 0 Å². The minimum Gasteiger partial charge on any atom is -0.481 e. The van der Waals surface area contributed by atoms with Gasteiger partial charge in [-0.05, 0) is 17.7 Å². The van der Waals surface area contributed by atoms with Gasteiger partial charge in [0.2, 0.25) is 11.7 Å². The monoisotopic (exact) mass is 275 g/mol. The van der Waals surface area contributed by atoms with Gasteiger partial charge in [0.1, 0.15) is 0 Å². The topological polar surface area (TPSA) is 97.5 Å². The number of rotatable bonds is 5. The fourth-order valence-electron chi connectivity index (χ4n) is 1.62. The van der Waals surface area contributed by atoms with Gasteiger partial charge in [0.05, 0.1) is 18.6 Å². The van der Waals surface area contributed by atoms with E-state index in [0.717, 1.165) is 5.56 Å². The molecule has 0 atom stereocenters. The number of pyridine rings is 1. The van der Waals surface area contributed by atoms with E-state index in [4.69, 9.17) is 9.84 Å². The molecule has 0 fully saturated rings. The van der Waals surface area contributed by atoms with Gasteiger partial charge >= 0.3 is 5.69 Å². The zero-order valence-electron chi connectivity index (χ0n) is 10.7. The zero-order chi connectivity index (χ0) is 14.5. The summed E-state index contributed by atoms with van der Waals surface area (Å²) in [5.41, 5.74) is 1.24. The minimum absolute atomic E-state index is 0.0577. The third-order valence-corrected chi connectivity index (χ3v) is 2.65. The van der Waals surface area contributed by atoms with Crippen molar-refractivity contribution in [1.29, 1.82) is 0 Å². The Labute approximate surface area is 115 Å². The Bertz CT molecular complexity index is 614. The number of ether oxygens (including phenoxy) is 1. The summed E-state index contributed by atoms with van der Waals surface area (Å²) in [6, 6.07) is 9.60. The predicted molar refractivity (Wildman–Crippen MR) is 73.1 cm³/mol. The van der Waals surface area contributed by atoms with Crippen LogP contribution in [0, 0.1) is 10.1 Å². The van der Waals surface area contributed by atoms with Crippen molar-refractivity contribution in [3.63, 3.8) is 0 Å². The largest absolute Gasteiger partial charge is 0.481 e. The SMILES string of the molecule is COc1ccc([N+](=O)[O-])c(Nc2ccc(CO)cc2)n1. The van der Waals surface area contributed by atoms with Crippen LogP contribution in [0.25, 0.3) is 0 Å². The van der Waals surface area contributed by atoms with Crippen LogP contribution in [0.5, 0.6) is 5.88 Å². The molecule has 20 heavy (non-hydrogen) atoms. The third kappa shape index (κ3) is 3.01. The number of methoxy groups -OCH3 is 1. The third-order valence-electron chi connectivity index (χ3n) is 2.65. The number of hydrogen-bond acceptors (Lipinski definition) is 6. The second-order valence-electron chi connectivity index (χ2n) is 3.96. The molecular formula is C13H13N3O4. The molecule has 7 nitrogen and oxygen atoms in total. The van der Waals surface area contributed by atoms with E-state index in [1.165, 1.54) is 19.2 Å². The molecule has 0 radical (unpaired) electrons. The molecule has 0 aliphatic carbocycles. The van der Waals surface area contributed by atoms with Gasteiger partial charge in [-0.1, -0.05) is 12.1 Å². The van der Waals surface area contributed by atoms with E-state index in [1.54, 1.807) is 24.3 Å². The molecule has 104 valence electrons. The lowest BCUT2D eigenvalue weighted by Crippen LogP contribution is -2.01. The van der Waals surface area contributed by atoms with Crippen molar-refractivity contribution in [2.24, 2.45) is 0 Å². The maximum absolute atomic E-state index is 11.0. The molecular weight excluding hydrogens is 262 g/mol. The number of aliphatic hydroxyl groups is 1. The standard InChI is InChI=1S/C13H13N3O4/c1-20-12-7-6-11(16(18)19)13(15-12)14-10-4-2-9(8-17)3-5-10/h2-7,17H,8H2,1H3,(H,14,15). The molecule has 0 aliphatic heterocycles. The Balaban J connectivity index is 2.32. The van der Waals surface area contributed by atoms with E-state index in [1.807, 2.05) is 0 Å². The molecule has 0 saturated carbocycles. The summed E-state index contributed by atoms with van der Waals surface area (Å²) in [6.07, 6.45) is 0. The van der Waals surface area contributed by atoms with Gasteiger partial charge < -0.3 is 15.2 Å². The van der Waals surface area contributed by atoms with Crippen LogP contribution in [-0.4, -0.2) is 22.1 Å². The second kappa shape index (κ2) is 5.98. The number of nitrogens with zero attached hydrogens (tertiary/aromatic N) is 2. The van der Waals surface area contributed by atoms with Gasteiger partial charge in [0.15, 0.2) is 0 Å². The van der Waals surface area contributed by atoms with Crippen LogP contribution in [0.2, 0.25) is 0 Å². The molecule has 0 spiro atoms. The highest BCUT2D eigenvalue weighted by Crippen LogP contribution is 2.27. The Morgan fingerprint density at radius 1 is 1.30 bits per heavy atom. The van der Waals surface area contributed by atoms with Crippen molar-refractivity contribution >= 4 is 17.2 Å². The summed E-state index contributed by atoms with van der Waals surface area (Å²) < 4.78 is 4.96. The summed E-state index contributed by atoms with van der Waals surface area (Å²) in [7, 11) is 1.44. The first-order valence-electron chi connectivity index (χ1n) is 5.80. The van der Waals surface area contributed by atoms with E-state index in [2.05, 4.69) is 10.3 Å². The van der Waals surface area contributed by atoms with Crippen molar-refractivity contribution in [3.8, 4) is 5.88 Å². The number of aromatic nitrogens is 1. The molecule has 2 rings (SSSR count). The van der Waals surface area contributed by atoms with Crippen molar-refractivity contribution < 1.29 is 14.8 Å². The second-order valence-corrected chi connectivity index (χ2v) is 3.96. The predicted octanol–water partition coefficient (Wildman–Crippen LogP) is 2.23. The van der Waals surface area contributed by atoms with Gasteiger partial charge in [-0.3, -0.25) is 10.1 Å². The molecule has 0 amide bonds. The lowest BCUT2D eigenvalue weighted by atomic mass is 10.2. The highest BCUT2D eigenvalue weighted by atomic mass is 16.6. The van der Waals surface area contributed by atoms with Crippen LogP contribution in [0.1, 0.15) is 5.56 Å². The molecule has 1 aromatic carbocycles. The van der Waals surface area contributed by atoms with Gasteiger partial charge in [0.25, 0.3) is 0 Å². The van der Waals surface area contributed by atoms with Gasteiger partial charge in [0, 0.05) is 17.8 Å². The molecule has 0 unspecified atom stereocenters. The molecule has 2 N–H and O–H groups in total. The highest BCUT2D eigenvalue weighted by Gasteiger charge is 2.16. The van der Waals surface area contributed by atoms with Gasteiger partial charge in [-0.25, -0.2) is 0 Å². The van der Waals surface area contributed by atoms with Crippen molar-refractivity contribution in [3.05, 3.63) is 52.1 Å². The first kappa shape index (κ1) is 13.8. The summed E-state index contributed by atoms with van der Waals surface area (Å²) in [5.74, 6) is 0.385. The summed E-state index contributed by atoms with van der Waals surface area (Å²) in [5, 5.41) is 22.8. The quantitative estimate of drug-likeness (QED) is 0.641. The number of hydrogen-bond donors (Lipinski definition) is 2. The summed E-state index contributed by atoms with van der Waals surface area (Å²) >= 11 is 0. The van der Waals surface area contributed by atoms with Crippen LogP contribution < -0.4 is 10.1 Å². The first-order valence-corrected chi connectivity index (χ1v) is 5.80. The van der Waals surface area contributed by atoms with Crippen molar-refractivity contribution in [1.82, 2.24) is 4.98 Å². The average molecular weight is 275 g/mol. The number of nitrogens with one attached hydrogen (secondary N) is 1. The molecule has 0 bridgehead atoms. The van der Waals surface area contributed by atoms with Crippen LogP contribution in [0.3, 0.4) is 0 Å². The number of benzene rings is 1. The van der Waals surface area contributed by atoms with Gasteiger partial charge in [-0.15, -0.1) is 0 Å². The fraction of sp³-hybridized carbons (Fsp3) is 0.154. The van der Waals surface area contributed by atoms with Crippen molar-refractivity contribution in [2.75, 3.05) is 12.4 Å². The Kier molecular flexibility index (Phi) is 4.11. The van der Waals surface area contributed by atoms with Crippen LogP contribution in [0.15, 0.2) is 36.4 Å². The molecule has 1 aromatic heterocycles. The van der Waals surface area contributed by atoms with E-state index < -0.39 is 4.92 Å². The smallest absolute Gasteiger partial charge is 0.311 e. The van der Waals surface area contributed by atoms with E-state index in [-0.39, 0.29) is 24.0 Å². The molecule has 1 heterocycles. The lowest BCUT2D eigenvalue weighted by molar-refractivity contribution is -0.384. The molecule has 0 saturated heterocycles. The number of anilines is 2. The van der Waals surface area contributed by atoms with E-state index >= 15 is 0 Å². The molecule has 7 heteroatoms. The molecule has 2 aromatic rings. The van der Waals surface area contributed by atoms with E-state index in [9.17, 15) is 10.1 Å². The van der Waals surface area contributed by atoms with Crippen LogP contribution in [-0.2, 0) is 6.61 Å². The average Bonchev–Trinajstić information content (AvgIpc) is 2.47. The number of nitro groups is 1. The Morgan fingerprint density at radius 2 is 2.00 bits per heavy atom. The first-order chi connectivity index (χ1) is 9.63.